The van der Waals surface area contributed by atoms with Crippen LogP contribution < -0.4 is 10.6 Å². The van der Waals surface area contributed by atoms with Crippen LogP contribution in [-0.4, -0.2) is 31.3 Å². The quantitative estimate of drug-likeness (QED) is 0.795. The van der Waals surface area contributed by atoms with Crippen LogP contribution in [0.3, 0.4) is 0 Å². The van der Waals surface area contributed by atoms with E-state index in [9.17, 15) is 4.79 Å². The third kappa shape index (κ3) is 3.16. The van der Waals surface area contributed by atoms with E-state index in [2.05, 4.69) is 10.6 Å². The van der Waals surface area contributed by atoms with Crippen molar-refractivity contribution in [3.63, 3.8) is 0 Å². The molecule has 1 heterocycles. The van der Waals surface area contributed by atoms with Gasteiger partial charge in [0.25, 0.3) is 0 Å². The van der Waals surface area contributed by atoms with Gasteiger partial charge in [0.2, 0.25) is 0 Å². The number of hydrogen-bond donors (Lipinski definition) is 2. The van der Waals surface area contributed by atoms with Crippen LogP contribution in [0.5, 0.6) is 0 Å². The van der Waals surface area contributed by atoms with Gasteiger partial charge in [0, 0.05) is 18.5 Å². The molecule has 104 valence electrons. The Kier molecular flexibility index (Phi) is 3.85. The number of alkyl carbamates (subject to hydrolysis) is 1. The Morgan fingerprint density at radius 2 is 2.22 bits per heavy atom. The van der Waals surface area contributed by atoms with Gasteiger partial charge >= 0.3 is 6.09 Å². The number of rotatable bonds is 2. The van der Waals surface area contributed by atoms with Crippen molar-refractivity contribution in [3.05, 3.63) is 0 Å². The van der Waals surface area contributed by atoms with Crippen molar-refractivity contribution in [3.8, 4) is 0 Å². The Morgan fingerprint density at radius 1 is 1.44 bits per heavy atom. The standard InChI is InChI=1S/C14H26N2O2/c1-13(2,3)18-12(17)16-10-14-7-5-4-6-11(14)8-15-9-14/h11,15H,4-10H2,1-3H3,(H,16,17)/t11-,14-/m0/s1. The van der Waals surface area contributed by atoms with Gasteiger partial charge in [-0.15, -0.1) is 0 Å². The lowest BCUT2D eigenvalue weighted by Gasteiger charge is -2.38. The molecule has 0 radical (unpaired) electrons. The van der Waals surface area contributed by atoms with E-state index in [1.165, 1.54) is 25.7 Å². The Hall–Kier alpha value is -0.770. The Morgan fingerprint density at radius 3 is 2.94 bits per heavy atom. The monoisotopic (exact) mass is 254 g/mol. The van der Waals surface area contributed by atoms with E-state index in [0.717, 1.165) is 25.6 Å². The molecule has 4 heteroatoms. The first-order valence-electron chi connectivity index (χ1n) is 7.09. The zero-order valence-electron chi connectivity index (χ0n) is 11.8. The third-order valence-corrected chi connectivity index (χ3v) is 4.19. The van der Waals surface area contributed by atoms with Gasteiger partial charge in [-0.25, -0.2) is 4.79 Å². The minimum Gasteiger partial charge on any atom is -0.444 e. The minimum absolute atomic E-state index is 0.273. The summed E-state index contributed by atoms with van der Waals surface area (Å²) >= 11 is 0. The average molecular weight is 254 g/mol. The molecule has 1 aliphatic carbocycles. The molecular weight excluding hydrogens is 228 g/mol. The summed E-state index contributed by atoms with van der Waals surface area (Å²) in [6.07, 6.45) is 4.85. The molecule has 0 unspecified atom stereocenters. The first-order valence-corrected chi connectivity index (χ1v) is 7.09. The zero-order valence-corrected chi connectivity index (χ0v) is 11.8. The molecule has 0 aromatic carbocycles. The highest BCUT2D eigenvalue weighted by Gasteiger charge is 2.44. The highest BCUT2D eigenvalue weighted by molar-refractivity contribution is 5.67. The predicted octanol–water partition coefficient (Wildman–Crippen LogP) is 2.29. The second kappa shape index (κ2) is 5.08. The van der Waals surface area contributed by atoms with Crippen molar-refractivity contribution in [1.29, 1.82) is 0 Å². The molecule has 1 aliphatic heterocycles. The maximum atomic E-state index is 11.7. The van der Waals surface area contributed by atoms with Gasteiger partial charge in [-0.1, -0.05) is 12.8 Å². The van der Waals surface area contributed by atoms with Crippen LogP contribution >= 0.6 is 0 Å². The normalized spacial score (nSPS) is 31.8. The number of carbonyl (C=O) groups is 1. The van der Waals surface area contributed by atoms with Crippen LogP contribution in [0.4, 0.5) is 4.79 Å². The third-order valence-electron chi connectivity index (χ3n) is 4.19. The van der Waals surface area contributed by atoms with E-state index >= 15 is 0 Å². The summed E-state index contributed by atoms with van der Waals surface area (Å²) < 4.78 is 5.30. The lowest BCUT2D eigenvalue weighted by atomic mass is 9.68. The first kappa shape index (κ1) is 13.7. The van der Waals surface area contributed by atoms with E-state index in [1.54, 1.807) is 0 Å². The highest BCUT2D eigenvalue weighted by Crippen LogP contribution is 2.43. The zero-order chi connectivity index (χ0) is 13.2. The molecule has 0 aromatic heterocycles. The summed E-state index contributed by atoms with van der Waals surface area (Å²) in [7, 11) is 0. The maximum absolute atomic E-state index is 11.7. The van der Waals surface area contributed by atoms with Crippen molar-refractivity contribution in [1.82, 2.24) is 10.6 Å². The van der Waals surface area contributed by atoms with E-state index in [1.807, 2.05) is 20.8 Å². The van der Waals surface area contributed by atoms with Crippen molar-refractivity contribution in [2.45, 2.75) is 52.1 Å². The number of ether oxygens (including phenoxy) is 1. The van der Waals surface area contributed by atoms with Gasteiger partial charge in [0.15, 0.2) is 0 Å². The van der Waals surface area contributed by atoms with Gasteiger partial charge in [-0.2, -0.15) is 0 Å². The predicted molar refractivity (Wildman–Crippen MR) is 71.5 cm³/mol. The second-order valence-electron chi connectivity index (χ2n) is 6.79. The number of hydrogen-bond acceptors (Lipinski definition) is 3. The van der Waals surface area contributed by atoms with Crippen LogP contribution in [0.1, 0.15) is 46.5 Å². The van der Waals surface area contributed by atoms with E-state index in [-0.39, 0.29) is 11.5 Å². The lowest BCUT2D eigenvalue weighted by molar-refractivity contribution is 0.0469. The SMILES string of the molecule is CC(C)(C)OC(=O)NC[C@@]12CCCC[C@H]1CNC2. The van der Waals surface area contributed by atoms with Crippen LogP contribution in [0.15, 0.2) is 0 Å². The summed E-state index contributed by atoms with van der Waals surface area (Å²) in [5.41, 5.74) is -0.142. The Balaban J connectivity index is 1.86. The maximum Gasteiger partial charge on any atom is 0.407 e. The number of carbonyl (C=O) groups excluding carboxylic acids is 1. The Bertz CT molecular complexity index is 311. The summed E-state index contributed by atoms with van der Waals surface area (Å²) in [6.45, 7) is 8.57. The molecule has 2 rings (SSSR count). The van der Waals surface area contributed by atoms with Gasteiger partial charge in [-0.05, 0) is 46.1 Å². The molecule has 1 saturated carbocycles. The minimum atomic E-state index is -0.415. The Labute approximate surface area is 110 Å². The van der Waals surface area contributed by atoms with Crippen LogP contribution in [0.2, 0.25) is 0 Å². The molecule has 0 bridgehead atoms. The average Bonchev–Trinajstić information content (AvgIpc) is 2.68. The molecule has 2 fully saturated rings. The summed E-state index contributed by atoms with van der Waals surface area (Å²) in [6, 6.07) is 0. The molecular formula is C14H26N2O2. The lowest BCUT2D eigenvalue weighted by Crippen LogP contribution is -2.45. The topological polar surface area (TPSA) is 50.4 Å². The number of amides is 1. The van der Waals surface area contributed by atoms with Gasteiger partial charge in [0.05, 0.1) is 0 Å². The molecule has 1 amide bonds. The van der Waals surface area contributed by atoms with E-state index in [4.69, 9.17) is 4.74 Å². The molecule has 0 aromatic rings. The number of fused-ring (bicyclic) bond motifs is 1. The van der Waals surface area contributed by atoms with Crippen LogP contribution in [0.25, 0.3) is 0 Å². The highest BCUT2D eigenvalue weighted by atomic mass is 16.6. The fourth-order valence-corrected chi connectivity index (χ4v) is 3.28. The van der Waals surface area contributed by atoms with Gasteiger partial charge < -0.3 is 15.4 Å². The van der Waals surface area contributed by atoms with Crippen molar-refractivity contribution < 1.29 is 9.53 Å². The fraction of sp³-hybridized carbons (Fsp3) is 0.929. The largest absolute Gasteiger partial charge is 0.444 e. The summed E-state index contributed by atoms with van der Waals surface area (Å²) in [5, 5.41) is 6.45. The molecule has 0 spiro atoms. The molecule has 4 nitrogen and oxygen atoms in total. The molecule has 2 aliphatic rings. The summed E-state index contributed by atoms with van der Waals surface area (Å²) in [4.78, 5) is 11.7. The van der Waals surface area contributed by atoms with E-state index in [0.29, 0.717) is 0 Å². The smallest absolute Gasteiger partial charge is 0.407 e. The van der Waals surface area contributed by atoms with Crippen molar-refractivity contribution in [2.75, 3.05) is 19.6 Å². The molecule has 2 atom stereocenters. The van der Waals surface area contributed by atoms with Gasteiger partial charge in [-0.3, -0.25) is 0 Å². The van der Waals surface area contributed by atoms with Gasteiger partial charge in [0.1, 0.15) is 5.60 Å². The second-order valence-corrected chi connectivity index (χ2v) is 6.79. The van der Waals surface area contributed by atoms with Crippen LogP contribution in [0, 0.1) is 11.3 Å². The first-order chi connectivity index (χ1) is 8.41. The molecule has 1 saturated heterocycles. The van der Waals surface area contributed by atoms with E-state index < -0.39 is 5.60 Å². The fourth-order valence-electron chi connectivity index (χ4n) is 3.28. The van der Waals surface area contributed by atoms with Crippen molar-refractivity contribution in [2.24, 2.45) is 11.3 Å². The molecule has 2 N–H and O–H groups in total. The van der Waals surface area contributed by atoms with Crippen LogP contribution in [-0.2, 0) is 4.74 Å². The molecule has 18 heavy (non-hydrogen) atoms. The number of nitrogens with one attached hydrogen (secondary N) is 2. The van der Waals surface area contributed by atoms with Crippen molar-refractivity contribution >= 4 is 6.09 Å². The summed E-state index contributed by atoms with van der Waals surface area (Å²) in [5.74, 6) is 0.723.